The van der Waals surface area contributed by atoms with Gasteiger partial charge in [0.1, 0.15) is 5.52 Å². The second-order valence-corrected chi connectivity index (χ2v) is 5.58. The number of carbonyl (C=O) groups excluding carboxylic acids is 1. The maximum Gasteiger partial charge on any atom is 0.274 e. The van der Waals surface area contributed by atoms with E-state index in [1.165, 1.54) is 0 Å². The number of likely N-dealkylation sites (tertiary alicyclic amines) is 1. The molecule has 5 heteroatoms. The molecule has 0 N–H and O–H groups in total. The van der Waals surface area contributed by atoms with Gasteiger partial charge in [-0.25, -0.2) is 4.98 Å². The van der Waals surface area contributed by atoms with Crippen LogP contribution >= 0.6 is 0 Å². The Morgan fingerprint density at radius 1 is 1.33 bits per heavy atom. The van der Waals surface area contributed by atoms with E-state index in [-0.39, 0.29) is 18.1 Å². The Morgan fingerprint density at radius 2 is 2.19 bits per heavy atom. The van der Waals surface area contributed by atoms with Crippen molar-refractivity contribution in [2.24, 2.45) is 0 Å². The molecule has 0 spiro atoms. The third-order valence-corrected chi connectivity index (χ3v) is 3.62. The van der Waals surface area contributed by atoms with Crippen LogP contribution in [0.25, 0.3) is 10.9 Å². The van der Waals surface area contributed by atoms with Crippen molar-refractivity contribution in [1.82, 2.24) is 14.9 Å². The lowest BCUT2D eigenvalue weighted by atomic mass is 10.2. The Bertz CT molecular complexity index is 652. The number of fused-ring (bicyclic) bond motifs is 1. The fraction of sp³-hybridized carbons (Fsp3) is 0.438. The van der Waals surface area contributed by atoms with Crippen molar-refractivity contribution in [2.45, 2.75) is 32.5 Å². The molecule has 1 amide bonds. The van der Waals surface area contributed by atoms with E-state index in [0.717, 1.165) is 11.8 Å². The van der Waals surface area contributed by atoms with Crippen molar-refractivity contribution in [2.75, 3.05) is 13.1 Å². The lowest BCUT2D eigenvalue weighted by molar-refractivity contribution is 0.0139. The number of pyridine rings is 2. The van der Waals surface area contributed by atoms with Crippen molar-refractivity contribution in [3.63, 3.8) is 0 Å². The van der Waals surface area contributed by atoms with E-state index in [1.807, 2.05) is 36.9 Å². The Balaban J connectivity index is 1.82. The Morgan fingerprint density at radius 3 is 3.00 bits per heavy atom. The molecule has 2 aromatic heterocycles. The summed E-state index contributed by atoms with van der Waals surface area (Å²) in [6, 6.07) is 5.67. The molecule has 2 aromatic rings. The number of rotatable bonds is 3. The second kappa shape index (κ2) is 5.77. The summed E-state index contributed by atoms with van der Waals surface area (Å²) in [5.74, 6) is -0.0610. The number of ether oxygens (including phenoxy) is 1. The number of hydrogen-bond donors (Lipinski definition) is 0. The molecule has 1 aliphatic rings. The Kier molecular flexibility index (Phi) is 3.84. The van der Waals surface area contributed by atoms with Gasteiger partial charge in [0.15, 0.2) is 5.69 Å². The first-order valence-corrected chi connectivity index (χ1v) is 7.29. The maximum absolute atomic E-state index is 12.7. The van der Waals surface area contributed by atoms with Gasteiger partial charge in [-0.2, -0.15) is 0 Å². The standard InChI is InChI=1S/C16H19N3O2/c1-11(2)21-13-6-9-19(10-13)16(20)15-14-12(5-8-18-15)4-3-7-17-14/h3-5,7-8,11,13H,6,9-10H2,1-2H3/t13-/m1/s1. The van der Waals surface area contributed by atoms with Gasteiger partial charge in [-0.1, -0.05) is 6.07 Å². The molecule has 5 nitrogen and oxygen atoms in total. The third-order valence-electron chi connectivity index (χ3n) is 3.62. The molecule has 1 aliphatic heterocycles. The van der Waals surface area contributed by atoms with E-state index >= 15 is 0 Å². The smallest absolute Gasteiger partial charge is 0.274 e. The normalized spacial score (nSPS) is 18.6. The monoisotopic (exact) mass is 285 g/mol. The van der Waals surface area contributed by atoms with Crippen LogP contribution in [0.3, 0.4) is 0 Å². The molecule has 1 fully saturated rings. The van der Waals surface area contributed by atoms with Crippen molar-refractivity contribution in [3.8, 4) is 0 Å². The quantitative estimate of drug-likeness (QED) is 0.868. The molecule has 0 aliphatic carbocycles. The number of amides is 1. The number of nitrogens with zero attached hydrogens (tertiary/aromatic N) is 3. The van der Waals surface area contributed by atoms with Crippen molar-refractivity contribution < 1.29 is 9.53 Å². The molecule has 3 rings (SSSR count). The fourth-order valence-electron chi connectivity index (χ4n) is 2.72. The number of carbonyl (C=O) groups is 1. The SMILES string of the molecule is CC(C)O[C@@H]1CCN(C(=O)c2nccc3cccnc23)C1. The lowest BCUT2D eigenvalue weighted by Gasteiger charge is -2.18. The topological polar surface area (TPSA) is 55.3 Å². The first-order valence-electron chi connectivity index (χ1n) is 7.29. The summed E-state index contributed by atoms with van der Waals surface area (Å²) in [6.45, 7) is 5.37. The van der Waals surface area contributed by atoms with Gasteiger partial charge in [0.2, 0.25) is 0 Å². The predicted octanol–water partition coefficient (Wildman–Crippen LogP) is 2.27. The minimum atomic E-state index is -0.0610. The highest BCUT2D eigenvalue weighted by molar-refractivity contribution is 6.03. The van der Waals surface area contributed by atoms with E-state index in [2.05, 4.69) is 9.97 Å². The minimum absolute atomic E-state index is 0.0610. The van der Waals surface area contributed by atoms with Crippen LogP contribution in [0.5, 0.6) is 0 Å². The minimum Gasteiger partial charge on any atom is -0.374 e. The van der Waals surface area contributed by atoms with Gasteiger partial charge >= 0.3 is 0 Å². The second-order valence-electron chi connectivity index (χ2n) is 5.58. The van der Waals surface area contributed by atoms with Crippen LogP contribution in [0.15, 0.2) is 30.6 Å². The van der Waals surface area contributed by atoms with Crippen LogP contribution in [0, 0.1) is 0 Å². The molecule has 110 valence electrons. The molecular weight excluding hydrogens is 266 g/mol. The van der Waals surface area contributed by atoms with Gasteiger partial charge < -0.3 is 9.64 Å². The van der Waals surface area contributed by atoms with Gasteiger partial charge in [0.05, 0.1) is 12.2 Å². The zero-order chi connectivity index (χ0) is 14.8. The zero-order valence-corrected chi connectivity index (χ0v) is 12.3. The predicted molar refractivity (Wildman–Crippen MR) is 80.1 cm³/mol. The van der Waals surface area contributed by atoms with E-state index in [4.69, 9.17) is 4.74 Å². The Labute approximate surface area is 124 Å². The molecule has 0 aromatic carbocycles. The summed E-state index contributed by atoms with van der Waals surface area (Å²) in [5, 5.41) is 0.935. The average Bonchev–Trinajstić information content (AvgIpc) is 2.93. The van der Waals surface area contributed by atoms with Crippen LogP contribution in [0.2, 0.25) is 0 Å². The van der Waals surface area contributed by atoms with E-state index in [0.29, 0.717) is 24.3 Å². The van der Waals surface area contributed by atoms with Crippen LogP contribution in [-0.2, 0) is 4.74 Å². The number of aromatic nitrogens is 2. The van der Waals surface area contributed by atoms with Crippen molar-refractivity contribution >= 4 is 16.8 Å². The number of hydrogen-bond acceptors (Lipinski definition) is 4. The van der Waals surface area contributed by atoms with Gasteiger partial charge in [0.25, 0.3) is 5.91 Å². The summed E-state index contributed by atoms with van der Waals surface area (Å²) in [6.07, 6.45) is 4.53. The molecule has 1 atom stereocenters. The van der Waals surface area contributed by atoms with Gasteiger partial charge in [-0.3, -0.25) is 9.78 Å². The average molecular weight is 285 g/mol. The van der Waals surface area contributed by atoms with E-state index < -0.39 is 0 Å². The molecule has 21 heavy (non-hydrogen) atoms. The van der Waals surface area contributed by atoms with Crippen LogP contribution < -0.4 is 0 Å². The molecule has 1 saturated heterocycles. The summed E-state index contributed by atoms with van der Waals surface area (Å²) in [7, 11) is 0. The van der Waals surface area contributed by atoms with E-state index in [1.54, 1.807) is 12.4 Å². The fourth-order valence-corrected chi connectivity index (χ4v) is 2.72. The highest BCUT2D eigenvalue weighted by Crippen LogP contribution is 2.20. The van der Waals surface area contributed by atoms with Gasteiger partial charge in [-0.05, 0) is 32.4 Å². The molecule has 0 saturated carbocycles. The molecule has 0 radical (unpaired) electrons. The summed E-state index contributed by atoms with van der Waals surface area (Å²) >= 11 is 0. The summed E-state index contributed by atoms with van der Waals surface area (Å²) in [4.78, 5) is 23.0. The van der Waals surface area contributed by atoms with Gasteiger partial charge in [0, 0.05) is 30.9 Å². The maximum atomic E-state index is 12.7. The highest BCUT2D eigenvalue weighted by Gasteiger charge is 2.29. The van der Waals surface area contributed by atoms with Crippen molar-refractivity contribution in [1.29, 1.82) is 0 Å². The van der Waals surface area contributed by atoms with Gasteiger partial charge in [-0.15, -0.1) is 0 Å². The Hall–Kier alpha value is -2.01. The first-order chi connectivity index (χ1) is 10.1. The largest absolute Gasteiger partial charge is 0.374 e. The molecule has 0 unspecified atom stereocenters. The zero-order valence-electron chi connectivity index (χ0n) is 12.3. The highest BCUT2D eigenvalue weighted by atomic mass is 16.5. The van der Waals surface area contributed by atoms with Crippen LogP contribution in [0.4, 0.5) is 0 Å². The summed E-state index contributed by atoms with van der Waals surface area (Å²) < 4.78 is 5.78. The van der Waals surface area contributed by atoms with Crippen molar-refractivity contribution in [3.05, 3.63) is 36.3 Å². The summed E-state index contributed by atoms with van der Waals surface area (Å²) in [5.41, 5.74) is 1.09. The first kappa shape index (κ1) is 13.9. The molecular formula is C16H19N3O2. The van der Waals surface area contributed by atoms with E-state index in [9.17, 15) is 4.79 Å². The van der Waals surface area contributed by atoms with Crippen LogP contribution in [0.1, 0.15) is 30.8 Å². The third kappa shape index (κ3) is 2.88. The van der Waals surface area contributed by atoms with Crippen LogP contribution in [-0.4, -0.2) is 46.1 Å². The molecule has 0 bridgehead atoms. The molecule has 3 heterocycles. The lowest BCUT2D eigenvalue weighted by Crippen LogP contribution is -2.31.